The van der Waals surface area contributed by atoms with Gasteiger partial charge in [-0.25, -0.2) is 19.2 Å². The molecule has 0 saturated carbocycles. The van der Waals surface area contributed by atoms with Gasteiger partial charge in [-0.2, -0.15) is 0 Å². The first-order chi connectivity index (χ1) is 15.3. The second-order valence-electron chi connectivity index (χ2n) is 9.23. The summed E-state index contributed by atoms with van der Waals surface area (Å²) in [7, 11) is 0. The number of ether oxygens (including phenoxy) is 4. The van der Waals surface area contributed by atoms with Crippen LogP contribution < -0.4 is 0 Å². The van der Waals surface area contributed by atoms with E-state index in [-0.39, 0.29) is 43.1 Å². The van der Waals surface area contributed by atoms with Crippen LogP contribution in [0.1, 0.15) is 55.3 Å². The Balaban J connectivity index is 2.66. The van der Waals surface area contributed by atoms with Crippen LogP contribution in [-0.2, 0) is 28.5 Å². The van der Waals surface area contributed by atoms with Crippen molar-refractivity contribution >= 4 is 23.9 Å². The lowest BCUT2D eigenvalue weighted by molar-refractivity contribution is -0.143. The standard InChI is InChI=1S/C25H32O8/c1-8-20(26)30-13-24(4,5)15-32-22(28)18-10-9-11-19(12-18)23(29)33-16-25(6,7)14-31-21(27)17(2)3/h8-12H,1-2,13-16H2,3-7H3. The molecule has 0 aliphatic carbocycles. The highest BCUT2D eigenvalue weighted by atomic mass is 16.6. The molecule has 1 aromatic carbocycles. The summed E-state index contributed by atoms with van der Waals surface area (Å²) in [6.45, 7) is 15.6. The Labute approximate surface area is 194 Å². The Hall–Kier alpha value is -3.42. The van der Waals surface area contributed by atoms with E-state index in [2.05, 4.69) is 13.2 Å². The number of carbonyl (C=O) groups is 4. The van der Waals surface area contributed by atoms with Gasteiger partial charge in [0.25, 0.3) is 0 Å². The molecule has 0 bridgehead atoms. The summed E-state index contributed by atoms with van der Waals surface area (Å²) in [5, 5.41) is 0. The number of hydrogen-bond acceptors (Lipinski definition) is 8. The van der Waals surface area contributed by atoms with Crippen LogP contribution in [0, 0.1) is 10.8 Å². The summed E-state index contributed by atoms with van der Waals surface area (Å²) in [4.78, 5) is 47.6. The largest absolute Gasteiger partial charge is 0.462 e. The molecule has 0 amide bonds. The second-order valence-corrected chi connectivity index (χ2v) is 9.23. The van der Waals surface area contributed by atoms with Crippen LogP contribution in [0.4, 0.5) is 0 Å². The maximum absolute atomic E-state index is 12.5. The Morgan fingerprint density at radius 3 is 1.67 bits per heavy atom. The molecule has 1 rings (SSSR count). The van der Waals surface area contributed by atoms with Gasteiger partial charge in [-0.3, -0.25) is 0 Å². The third-order valence-corrected chi connectivity index (χ3v) is 4.24. The SMILES string of the molecule is C=CC(=O)OCC(C)(C)COC(=O)c1cccc(C(=O)OCC(C)(C)COC(=O)C(=C)C)c1. The maximum Gasteiger partial charge on any atom is 0.338 e. The third kappa shape index (κ3) is 10.2. The van der Waals surface area contributed by atoms with Gasteiger partial charge >= 0.3 is 23.9 Å². The normalized spacial score (nSPS) is 11.2. The maximum atomic E-state index is 12.5. The zero-order chi connectivity index (χ0) is 25.2. The fourth-order valence-electron chi connectivity index (χ4n) is 2.25. The van der Waals surface area contributed by atoms with Crippen molar-refractivity contribution in [3.63, 3.8) is 0 Å². The summed E-state index contributed by atoms with van der Waals surface area (Å²) >= 11 is 0. The van der Waals surface area contributed by atoms with Gasteiger partial charge in [0.2, 0.25) is 0 Å². The average molecular weight is 461 g/mol. The third-order valence-electron chi connectivity index (χ3n) is 4.24. The van der Waals surface area contributed by atoms with Crippen LogP contribution >= 0.6 is 0 Å². The van der Waals surface area contributed by atoms with E-state index in [9.17, 15) is 19.2 Å². The number of esters is 4. The van der Waals surface area contributed by atoms with Crippen LogP contribution in [0.5, 0.6) is 0 Å². The fraction of sp³-hybridized carbons (Fsp3) is 0.440. The molecular formula is C25H32O8. The van der Waals surface area contributed by atoms with Crippen LogP contribution in [0.2, 0.25) is 0 Å². The highest BCUT2D eigenvalue weighted by Crippen LogP contribution is 2.20. The van der Waals surface area contributed by atoms with Gasteiger partial charge in [-0.15, -0.1) is 0 Å². The zero-order valence-electron chi connectivity index (χ0n) is 19.9. The quantitative estimate of drug-likeness (QED) is 0.263. The average Bonchev–Trinajstić information content (AvgIpc) is 2.78. The van der Waals surface area contributed by atoms with Crippen molar-refractivity contribution in [3.8, 4) is 0 Å². The Bertz CT molecular complexity index is 911. The van der Waals surface area contributed by atoms with Gasteiger partial charge in [0, 0.05) is 22.5 Å². The molecule has 33 heavy (non-hydrogen) atoms. The smallest absolute Gasteiger partial charge is 0.338 e. The monoisotopic (exact) mass is 460 g/mol. The molecule has 0 heterocycles. The molecule has 0 spiro atoms. The molecule has 180 valence electrons. The van der Waals surface area contributed by atoms with Crippen molar-refractivity contribution in [1.29, 1.82) is 0 Å². The first kappa shape index (κ1) is 27.6. The number of carbonyl (C=O) groups excluding carboxylic acids is 4. The zero-order valence-corrected chi connectivity index (χ0v) is 19.9. The van der Waals surface area contributed by atoms with E-state index in [0.29, 0.717) is 0 Å². The lowest BCUT2D eigenvalue weighted by atomic mass is 9.96. The topological polar surface area (TPSA) is 105 Å². The van der Waals surface area contributed by atoms with E-state index < -0.39 is 34.7 Å². The highest BCUT2D eigenvalue weighted by Gasteiger charge is 2.25. The summed E-state index contributed by atoms with van der Waals surface area (Å²) in [5.74, 6) is -2.32. The molecule has 0 radical (unpaired) electrons. The Morgan fingerprint density at radius 2 is 1.24 bits per heavy atom. The summed E-state index contributed by atoms with van der Waals surface area (Å²) in [6.07, 6.45) is 1.06. The second kappa shape index (κ2) is 12.0. The lowest BCUT2D eigenvalue weighted by Crippen LogP contribution is -2.29. The van der Waals surface area contributed by atoms with E-state index >= 15 is 0 Å². The van der Waals surface area contributed by atoms with Crippen molar-refractivity contribution in [1.82, 2.24) is 0 Å². The van der Waals surface area contributed by atoms with Gasteiger partial charge < -0.3 is 18.9 Å². The van der Waals surface area contributed by atoms with Crippen LogP contribution in [0.3, 0.4) is 0 Å². The van der Waals surface area contributed by atoms with Crippen molar-refractivity contribution < 1.29 is 38.1 Å². The summed E-state index contributed by atoms with van der Waals surface area (Å²) in [5.41, 5.74) is -0.578. The molecule has 0 aromatic heterocycles. The van der Waals surface area contributed by atoms with Gasteiger partial charge in [0.15, 0.2) is 0 Å². The molecule has 1 aromatic rings. The first-order valence-electron chi connectivity index (χ1n) is 10.3. The van der Waals surface area contributed by atoms with Crippen LogP contribution in [0.25, 0.3) is 0 Å². The molecule has 0 atom stereocenters. The van der Waals surface area contributed by atoms with Crippen molar-refractivity contribution in [3.05, 3.63) is 60.2 Å². The molecule has 0 N–H and O–H groups in total. The minimum Gasteiger partial charge on any atom is -0.462 e. The molecular weight excluding hydrogens is 428 g/mol. The van der Waals surface area contributed by atoms with E-state index in [0.717, 1.165) is 6.08 Å². The molecule has 0 aliphatic heterocycles. The minimum atomic E-state index is -0.625. The predicted octanol–water partition coefficient (Wildman–Crippen LogP) is 3.90. The van der Waals surface area contributed by atoms with E-state index in [1.165, 1.54) is 18.2 Å². The van der Waals surface area contributed by atoms with Gasteiger partial charge in [0.1, 0.15) is 0 Å². The minimum absolute atomic E-state index is 0.00158. The number of hydrogen-bond donors (Lipinski definition) is 0. The van der Waals surface area contributed by atoms with E-state index in [1.54, 1.807) is 40.7 Å². The lowest BCUT2D eigenvalue weighted by Gasteiger charge is -2.24. The van der Waals surface area contributed by atoms with Crippen LogP contribution in [0.15, 0.2) is 49.1 Å². The Morgan fingerprint density at radius 1 is 0.818 bits per heavy atom. The van der Waals surface area contributed by atoms with Gasteiger partial charge in [-0.05, 0) is 25.1 Å². The number of benzene rings is 1. The summed E-state index contributed by atoms with van der Waals surface area (Å²) in [6, 6.07) is 5.96. The van der Waals surface area contributed by atoms with E-state index in [1.807, 2.05) is 0 Å². The van der Waals surface area contributed by atoms with Crippen molar-refractivity contribution in [2.45, 2.75) is 34.6 Å². The molecule has 0 fully saturated rings. The predicted molar refractivity (Wildman–Crippen MR) is 121 cm³/mol. The molecule has 0 unspecified atom stereocenters. The van der Waals surface area contributed by atoms with E-state index in [4.69, 9.17) is 18.9 Å². The highest BCUT2D eigenvalue weighted by molar-refractivity contribution is 5.95. The fourth-order valence-corrected chi connectivity index (χ4v) is 2.25. The number of rotatable bonds is 12. The van der Waals surface area contributed by atoms with Crippen molar-refractivity contribution in [2.24, 2.45) is 10.8 Å². The Kier molecular flexibility index (Phi) is 10.0. The summed E-state index contributed by atoms with van der Waals surface area (Å²) < 4.78 is 20.8. The van der Waals surface area contributed by atoms with Gasteiger partial charge in [-0.1, -0.05) is 46.9 Å². The first-order valence-corrected chi connectivity index (χ1v) is 10.3. The van der Waals surface area contributed by atoms with Gasteiger partial charge in [0.05, 0.1) is 37.6 Å². The van der Waals surface area contributed by atoms with Crippen molar-refractivity contribution in [2.75, 3.05) is 26.4 Å². The van der Waals surface area contributed by atoms with Crippen LogP contribution in [-0.4, -0.2) is 50.3 Å². The molecule has 0 saturated heterocycles. The molecule has 8 nitrogen and oxygen atoms in total. The molecule has 8 heteroatoms. The molecule has 0 aliphatic rings.